The van der Waals surface area contributed by atoms with Crippen LogP contribution in [-0.4, -0.2) is 26.0 Å². The standard InChI is InChI=1S/C12H16O2.C10H10N4/c1-6-7(2)9(4)11(12(13)14)10(5)8(6)3;1-7-5-9(14-10(11)13-7)8-3-2-4-12-6-8/h1-5H3,(H,13,14);2-6H,1H3,(H2,11,13,14). The number of aryl methyl sites for hydroxylation is 1. The minimum atomic E-state index is -0.828. The topological polar surface area (TPSA) is 102 Å². The quantitative estimate of drug-likeness (QED) is 0.687. The van der Waals surface area contributed by atoms with Gasteiger partial charge in [-0.1, -0.05) is 0 Å². The van der Waals surface area contributed by atoms with E-state index in [9.17, 15) is 4.79 Å². The van der Waals surface area contributed by atoms with E-state index in [1.54, 1.807) is 12.4 Å². The van der Waals surface area contributed by atoms with E-state index in [1.807, 2.05) is 59.7 Å². The predicted molar refractivity (Wildman–Crippen MR) is 111 cm³/mol. The highest BCUT2D eigenvalue weighted by Gasteiger charge is 2.16. The van der Waals surface area contributed by atoms with Crippen LogP contribution in [0.1, 0.15) is 43.9 Å². The molecule has 0 bridgehead atoms. The van der Waals surface area contributed by atoms with Crippen LogP contribution >= 0.6 is 0 Å². The molecule has 28 heavy (non-hydrogen) atoms. The molecule has 0 saturated heterocycles. The van der Waals surface area contributed by atoms with Crippen LogP contribution in [0, 0.1) is 41.5 Å². The summed E-state index contributed by atoms with van der Waals surface area (Å²) in [4.78, 5) is 23.2. The van der Waals surface area contributed by atoms with Crippen molar-refractivity contribution >= 4 is 11.9 Å². The molecule has 0 radical (unpaired) electrons. The fourth-order valence-corrected chi connectivity index (χ4v) is 3.07. The molecule has 0 unspecified atom stereocenters. The van der Waals surface area contributed by atoms with Crippen molar-refractivity contribution in [2.24, 2.45) is 0 Å². The summed E-state index contributed by atoms with van der Waals surface area (Å²) in [5.41, 5.74) is 13.8. The molecule has 3 rings (SSSR count). The van der Waals surface area contributed by atoms with E-state index < -0.39 is 5.97 Å². The number of carboxylic acid groups (broad SMARTS) is 1. The van der Waals surface area contributed by atoms with Crippen LogP contribution in [0.15, 0.2) is 30.6 Å². The van der Waals surface area contributed by atoms with E-state index in [4.69, 9.17) is 10.8 Å². The van der Waals surface area contributed by atoms with E-state index in [0.29, 0.717) is 11.5 Å². The molecule has 0 aliphatic rings. The van der Waals surface area contributed by atoms with Gasteiger partial charge in [0.25, 0.3) is 0 Å². The van der Waals surface area contributed by atoms with Crippen LogP contribution in [0.25, 0.3) is 11.3 Å². The summed E-state index contributed by atoms with van der Waals surface area (Å²) in [6, 6.07) is 5.69. The second kappa shape index (κ2) is 8.61. The average Bonchev–Trinajstić information content (AvgIpc) is 2.65. The molecule has 0 fully saturated rings. The number of carboxylic acids is 1. The Hall–Kier alpha value is -3.28. The van der Waals surface area contributed by atoms with Crippen molar-refractivity contribution in [1.29, 1.82) is 0 Å². The summed E-state index contributed by atoms with van der Waals surface area (Å²) < 4.78 is 0. The highest BCUT2D eigenvalue weighted by Crippen LogP contribution is 2.25. The molecule has 2 aromatic heterocycles. The van der Waals surface area contributed by atoms with Crippen LogP contribution in [0.5, 0.6) is 0 Å². The number of carbonyl (C=O) groups is 1. The number of aromatic nitrogens is 3. The van der Waals surface area contributed by atoms with Gasteiger partial charge in [0.05, 0.1) is 11.3 Å². The SMILES string of the molecule is Cc1c(C)c(C)c(C(=O)O)c(C)c1C.Cc1cc(-c2cccnc2)nc(N)n1. The lowest BCUT2D eigenvalue weighted by molar-refractivity contribution is 0.0695. The van der Waals surface area contributed by atoms with E-state index in [0.717, 1.165) is 39.2 Å². The lowest BCUT2D eigenvalue weighted by Gasteiger charge is -2.15. The number of benzene rings is 1. The number of rotatable bonds is 2. The summed E-state index contributed by atoms with van der Waals surface area (Å²) in [6.45, 7) is 11.6. The molecule has 146 valence electrons. The van der Waals surface area contributed by atoms with Gasteiger partial charge in [-0.05, 0) is 87.6 Å². The van der Waals surface area contributed by atoms with Crippen molar-refractivity contribution in [2.75, 3.05) is 5.73 Å². The van der Waals surface area contributed by atoms with Crippen LogP contribution in [0.3, 0.4) is 0 Å². The van der Waals surface area contributed by atoms with Gasteiger partial charge in [-0.25, -0.2) is 14.8 Å². The zero-order chi connectivity index (χ0) is 21.0. The minimum Gasteiger partial charge on any atom is -0.478 e. The van der Waals surface area contributed by atoms with Crippen molar-refractivity contribution in [3.63, 3.8) is 0 Å². The Morgan fingerprint density at radius 3 is 1.96 bits per heavy atom. The molecular formula is C22H26N4O2. The van der Waals surface area contributed by atoms with Crippen LogP contribution < -0.4 is 5.73 Å². The van der Waals surface area contributed by atoms with Crippen molar-refractivity contribution in [3.05, 3.63) is 69.7 Å². The summed E-state index contributed by atoms with van der Waals surface area (Å²) in [5, 5.41) is 9.09. The zero-order valence-electron chi connectivity index (χ0n) is 17.2. The number of nitrogens with two attached hydrogens (primary N) is 1. The maximum atomic E-state index is 11.1. The smallest absolute Gasteiger partial charge is 0.336 e. The largest absolute Gasteiger partial charge is 0.478 e. The number of hydrogen-bond acceptors (Lipinski definition) is 5. The summed E-state index contributed by atoms with van der Waals surface area (Å²) >= 11 is 0. The Labute approximate surface area is 165 Å². The molecule has 6 heteroatoms. The van der Waals surface area contributed by atoms with Gasteiger partial charge < -0.3 is 10.8 Å². The number of nitrogens with zero attached hydrogens (tertiary/aromatic N) is 3. The van der Waals surface area contributed by atoms with Crippen LogP contribution in [0.2, 0.25) is 0 Å². The second-order valence-corrected chi connectivity index (χ2v) is 6.80. The van der Waals surface area contributed by atoms with Gasteiger partial charge in [0.2, 0.25) is 5.95 Å². The average molecular weight is 378 g/mol. The van der Waals surface area contributed by atoms with Gasteiger partial charge in [0.1, 0.15) is 0 Å². The van der Waals surface area contributed by atoms with E-state index >= 15 is 0 Å². The molecule has 3 N–H and O–H groups in total. The fourth-order valence-electron chi connectivity index (χ4n) is 3.07. The first-order chi connectivity index (χ1) is 13.1. The van der Waals surface area contributed by atoms with Crippen molar-refractivity contribution < 1.29 is 9.90 Å². The molecule has 2 heterocycles. The summed E-state index contributed by atoms with van der Waals surface area (Å²) in [5.74, 6) is -0.532. The molecule has 6 nitrogen and oxygen atoms in total. The number of anilines is 1. The number of hydrogen-bond donors (Lipinski definition) is 2. The molecule has 3 aromatic rings. The monoisotopic (exact) mass is 378 g/mol. The van der Waals surface area contributed by atoms with Crippen molar-refractivity contribution in [2.45, 2.75) is 41.5 Å². The molecule has 0 aliphatic heterocycles. The number of pyridine rings is 1. The number of nitrogen functional groups attached to an aromatic ring is 1. The van der Waals surface area contributed by atoms with Gasteiger partial charge in [-0.15, -0.1) is 0 Å². The van der Waals surface area contributed by atoms with Crippen molar-refractivity contribution in [3.8, 4) is 11.3 Å². The van der Waals surface area contributed by atoms with Gasteiger partial charge in [0, 0.05) is 23.7 Å². The lowest BCUT2D eigenvalue weighted by atomic mass is 9.90. The Kier molecular flexibility index (Phi) is 6.46. The second-order valence-electron chi connectivity index (χ2n) is 6.80. The fraction of sp³-hybridized carbons (Fsp3) is 0.273. The van der Waals surface area contributed by atoms with E-state index in [1.165, 1.54) is 5.56 Å². The first kappa shape index (κ1) is 21.0. The van der Waals surface area contributed by atoms with Gasteiger partial charge in [-0.3, -0.25) is 4.98 Å². The summed E-state index contributed by atoms with van der Waals surface area (Å²) in [6.07, 6.45) is 3.47. The first-order valence-corrected chi connectivity index (χ1v) is 8.95. The third-order valence-electron chi connectivity index (χ3n) is 5.04. The first-order valence-electron chi connectivity index (χ1n) is 8.95. The molecular weight excluding hydrogens is 352 g/mol. The van der Waals surface area contributed by atoms with Gasteiger partial charge in [0.15, 0.2) is 0 Å². The maximum Gasteiger partial charge on any atom is 0.336 e. The Balaban J connectivity index is 0.000000200. The highest BCUT2D eigenvalue weighted by molar-refractivity contribution is 5.92. The van der Waals surface area contributed by atoms with Crippen molar-refractivity contribution in [1.82, 2.24) is 15.0 Å². The van der Waals surface area contributed by atoms with E-state index in [-0.39, 0.29) is 0 Å². The van der Waals surface area contributed by atoms with Gasteiger partial charge in [-0.2, -0.15) is 0 Å². The molecule has 0 atom stereocenters. The predicted octanol–water partition coefficient (Wildman–Crippen LogP) is 4.36. The third kappa shape index (κ3) is 4.52. The van der Waals surface area contributed by atoms with Crippen LogP contribution in [-0.2, 0) is 0 Å². The maximum absolute atomic E-state index is 11.1. The molecule has 0 saturated carbocycles. The molecule has 1 aromatic carbocycles. The Morgan fingerprint density at radius 2 is 1.50 bits per heavy atom. The Morgan fingerprint density at radius 1 is 0.929 bits per heavy atom. The highest BCUT2D eigenvalue weighted by atomic mass is 16.4. The minimum absolute atomic E-state index is 0.295. The zero-order valence-corrected chi connectivity index (χ0v) is 17.2. The molecule has 0 amide bonds. The van der Waals surface area contributed by atoms with Gasteiger partial charge >= 0.3 is 5.97 Å². The van der Waals surface area contributed by atoms with E-state index in [2.05, 4.69) is 15.0 Å². The lowest BCUT2D eigenvalue weighted by Crippen LogP contribution is -2.08. The summed E-state index contributed by atoms with van der Waals surface area (Å²) in [7, 11) is 0. The number of aromatic carboxylic acids is 1. The van der Waals surface area contributed by atoms with Crippen LogP contribution in [0.4, 0.5) is 5.95 Å². The normalized spacial score (nSPS) is 10.2. The molecule has 0 aliphatic carbocycles. The third-order valence-corrected chi connectivity index (χ3v) is 5.04. The molecule has 0 spiro atoms. The Bertz CT molecular complexity index is 966.